The van der Waals surface area contributed by atoms with Gasteiger partial charge in [-0.1, -0.05) is 35.5 Å². The second-order valence-corrected chi connectivity index (χ2v) is 5.76. The van der Waals surface area contributed by atoms with Gasteiger partial charge >= 0.3 is 0 Å². The molecule has 1 aliphatic rings. The fraction of sp³-hybridized carbons (Fsp3) is 0.158. The minimum absolute atomic E-state index is 0.108. The van der Waals surface area contributed by atoms with Crippen molar-refractivity contribution in [1.82, 2.24) is 5.16 Å². The molecule has 2 heterocycles. The van der Waals surface area contributed by atoms with Crippen LogP contribution in [0.5, 0.6) is 0 Å². The van der Waals surface area contributed by atoms with E-state index in [9.17, 15) is 4.79 Å². The number of para-hydroxylation sites is 3. The Morgan fingerprint density at radius 1 is 1.08 bits per heavy atom. The molecule has 1 N–H and O–H groups in total. The minimum Gasteiger partial charge on any atom is -0.364 e. The van der Waals surface area contributed by atoms with E-state index in [2.05, 4.69) is 33.6 Å². The molecule has 5 nitrogen and oxygen atoms in total. The van der Waals surface area contributed by atoms with Crippen molar-refractivity contribution in [3.05, 3.63) is 72.1 Å². The molecule has 0 saturated heterocycles. The van der Waals surface area contributed by atoms with Crippen LogP contribution in [0.15, 0.2) is 65.4 Å². The molecule has 3 aromatic rings. The summed E-state index contributed by atoms with van der Waals surface area (Å²) in [6.45, 7) is 0.912. The number of rotatable bonds is 4. The Balaban J connectivity index is 1.59. The first kappa shape index (κ1) is 14.5. The van der Waals surface area contributed by atoms with Crippen molar-refractivity contribution in [2.45, 2.75) is 12.8 Å². The van der Waals surface area contributed by atoms with Crippen molar-refractivity contribution < 1.29 is 9.32 Å². The SMILES string of the molecule is O=C(Cc1ccon1)Nc1ccccc1N1CCc2ccccc21. The molecule has 2 aromatic carbocycles. The van der Waals surface area contributed by atoms with Gasteiger partial charge in [0.1, 0.15) is 6.26 Å². The van der Waals surface area contributed by atoms with E-state index in [0.717, 1.165) is 24.3 Å². The first-order valence-electron chi connectivity index (χ1n) is 7.95. The summed E-state index contributed by atoms with van der Waals surface area (Å²) in [5, 5.41) is 6.78. The minimum atomic E-state index is -0.108. The van der Waals surface area contributed by atoms with E-state index >= 15 is 0 Å². The molecule has 1 aliphatic heterocycles. The summed E-state index contributed by atoms with van der Waals surface area (Å²) in [6.07, 6.45) is 2.68. The number of carbonyl (C=O) groups excluding carboxylic acids is 1. The molecule has 0 radical (unpaired) electrons. The Morgan fingerprint density at radius 3 is 2.71 bits per heavy atom. The lowest BCUT2D eigenvalue weighted by molar-refractivity contribution is -0.115. The molecule has 0 spiro atoms. The first-order chi connectivity index (χ1) is 11.8. The third-order valence-corrected chi connectivity index (χ3v) is 4.19. The Morgan fingerprint density at radius 2 is 1.88 bits per heavy atom. The molecule has 5 heteroatoms. The van der Waals surface area contributed by atoms with Crippen LogP contribution in [-0.4, -0.2) is 17.6 Å². The predicted molar refractivity (Wildman–Crippen MR) is 92.4 cm³/mol. The predicted octanol–water partition coefficient (Wildman–Crippen LogP) is 3.55. The monoisotopic (exact) mass is 319 g/mol. The van der Waals surface area contributed by atoms with Crippen molar-refractivity contribution in [3.63, 3.8) is 0 Å². The smallest absolute Gasteiger partial charge is 0.230 e. The average molecular weight is 319 g/mol. The number of aromatic nitrogens is 1. The van der Waals surface area contributed by atoms with Crippen molar-refractivity contribution >= 4 is 23.0 Å². The van der Waals surface area contributed by atoms with Gasteiger partial charge in [-0.05, 0) is 30.2 Å². The molecule has 1 amide bonds. The number of nitrogens with one attached hydrogen (secondary N) is 1. The van der Waals surface area contributed by atoms with Gasteiger partial charge in [0.25, 0.3) is 0 Å². The van der Waals surface area contributed by atoms with Gasteiger partial charge in [0.05, 0.1) is 23.5 Å². The van der Waals surface area contributed by atoms with Crippen LogP contribution in [0.3, 0.4) is 0 Å². The van der Waals surface area contributed by atoms with E-state index < -0.39 is 0 Å². The number of hydrogen-bond acceptors (Lipinski definition) is 4. The standard InChI is InChI=1S/C19H17N3O2/c23-19(13-15-10-12-24-21-15)20-16-6-2-4-8-18(16)22-11-9-14-5-1-3-7-17(14)22/h1-8,10,12H,9,11,13H2,(H,20,23). The summed E-state index contributed by atoms with van der Waals surface area (Å²) in [6, 6.07) is 18.0. The second-order valence-electron chi connectivity index (χ2n) is 5.76. The van der Waals surface area contributed by atoms with Crippen LogP contribution in [0.1, 0.15) is 11.3 Å². The summed E-state index contributed by atoms with van der Waals surface area (Å²) in [4.78, 5) is 14.5. The van der Waals surface area contributed by atoms with Gasteiger partial charge < -0.3 is 14.7 Å². The van der Waals surface area contributed by atoms with Gasteiger partial charge in [0.15, 0.2) is 0 Å². The number of benzene rings is 2. The number of nitrogens with zero attached hydrogens (tertiary/aromatic N) is 2. The van der Waals surface area contributed by atoms with E-state index in [-0.39, 0.29) is 12.3 Å². The quantitative estimate of drug-likeness (QED) is 0.799. The van der Waals surface area contributed by atoms with Gasteiger partial charge in [0.2, 0.25) is 5.91 Å². The highest BCUT2D eigenvalue weighted by atomic mass is 16.5. The van der Waals surface area contributed by atoms with Crippen molar-refractivity contribution in [2.24, 2.45) is 0 Å². The number of carbonyl (C=O) groups is 1. The Hall–Kier alpha value is -3.08. The van der Waals surface area contributed by atoms with E-state index in [1.54, 1.807) is 6.07 Å². The number of anilines is 3. The molecule has 0 unspecified atom stereocenters. The van der Waals surface area contributed by atoms with Crippen LogP contribution in [0.4, 0.5) is 17.1 Å². The Bertz CT molecular complexity index is 859. The molecule has 1 aromatic heterocycles. The van der Waals surface area contributed by atoms with Crippen molar-refractivity contribution in [2.75, 3.05) is 16.8 Å². The summed E-state index contributed by atoms with van der Waals surface area (Å²) < 4.78 is 4.77. The number of fused-ring (bicyclic) bond motifs is 1. The van der Waals surface area contributed by atoms with Gasteiger partial charge in [-0.2, -0.15) is 0 Å². The zero-order valence-corrected chi connectivity index (χ0v) is 13.1. The average Bonchev–Trinajstić information content (AvgIpc) is 3.25. The molecular formula is C19H17N3O2. The molecule has 24 heavy (non-hydrogen) atoms. The zero-order valence-electron chi connectivity index (χ0n) is 13.1. The molecule has 0 fully saturated rings. The Labute approximate surface area is 139 Å². The van der Waals surface area contributed by atoms with Gasteiger partial charge in [-0.25, -0.2) is 0 Å². The first-order valence-corrected chi connectivity index (χ1v) is 7.95. The van der Waals surface area contributed by atoms with E-state index in [1.807, 2.05) is 30.3 Å². The maximum absolute atomic E-state index is 12.3. The van der Waals surface area contributed by atoms with Crippen LogP contribution in [0, 0.1) is 0 Å². The van der Waals surface area contributed by atoms with Crippen LogP contribution in [0.2, 0.25) is 0 Å². The summed E-state index contributed by atoms with van der Waals surface area (Å²) in [5.74, 6) is -0.108. The van der Waals surface area contributed by atoms with Crippen LogP contribution in [-0.2, 0) is 17.6 Å². The molecule has 120 valence electrons. The normalized spacial score (nSPS) is 12.9. The maximum Gasteiger partial charge on any atom is 0.230 e. The largest absolute Gasteiger partial charge is 0.364 e. The van der Waals surface area contributed by atoms with Crippen LogP contribution in [0.25, 0.3) is 0 Å². The molecule has 0 saturated carbocycles. The lowest BCUT2D eigenvalue weighted by Crippen LogP contribution is -2.19. The molecule has 0 bridgehead atoms. The summed E-state index contributed by atoms with van der Waals surface area (Å²) in [5.41, 5.74) is 4.98. The fourth-order valence-corrected chi connectivity index (χ4v) is 3.09. The molecule has 0 aliphatic carbocycles. The molecular weight excluding hydrogens is 302 g/mol. The zero-order chi connectivity index (χ0) is 16.4. The van der Waals surface area contributed by atoms with Gasteiger partial charge in [-0.15, -0.1) is 0 Å². The highest BCUT2D eigenvalue weighted by molar-refractivity contribution is 5.96. The third-order valence-electron chi connectivity index (χ3n) is 4.19. The van der Waals surface area contributed by atoms with Gasteiger partial charge in [-0.3, -0.25) is 4.79 Å². The van der Waals surface area contributed by atoms with E-state index in [4.69, 9.17) is 4.52 Å². The van der Waals surface area contributed by atoms with Crippen molar-refractivity contribution in [1.29, 1.82) is 0 Å². The van der Waals surface area contributed by atoms with Crippen molar-refractivity contribution in [3.8, 4) is 0 Å². The van der Waals surface area contributed by atoms with E-state index in [0.29, 0.717) is 5.69 Å². The number of hydrogen-bond donors (Lipinski definition) is 1. The fourth-order valence-electron chi connectivity index (χ4n) is 3.09. The lowest BCUT2D eigenvalue weighted by Gasteiger charge is -2.23. The van der Waals surface area contributed by atoms with Gasteiger partial charge in [0, 0.05) is 18.3 Å². The third kappa shape index (κ3) is 2.76. The van der Waals surface area contributed by atoms with Crippen LogP contribution < -0.4 is 10.2 Å². The second kappa shape index (κ2) is 6.20. The maximum atomic E-state index is 12.3. The lowest BCUT2D eigenvalue weighted by atomic mass is 10.1. The topological polar surface area (TPSA) is 58.4 Å². The number of amides is 1. The highest BCUT2D eigenvalue weighted by Gasteiger charge is 2.22. The van der Waals surface area contributed by atoms with Crippen LogP contribution >= 0.6 is 0 Å². The summed E-state index contributed by atoms with van der Waals surface area (Å²) >= 11 is 0. The molecule has 0 atom stereocenters. The summed E-state index contributed by atoms with van der Waals surface area (Å²) in [7, 11) is 0. The Kier molecular flexibility index (Phi) is 3.75. The van der Waals surface area contributed by atoms with E-state index in [1.165, 1.54) is 17.5 Å². The highest BCUT2D eigenvalue weighted by Crippen LogP contribution is 2.38. The molecule has 4 rings (SSSR count).